The van der Waals surface area contributed by atoms with Crippen LogP contribution >= 0.6 is 23.4 Å². The minimum atomic E-state index is -0.461. The van der Waals surface area contributed by atoms with Crippen molar-refractivity contribution >= 4 is 46.1 Å². The molecule has 2 aromatic carbocycles. The van der Waals surface area contributed by atoms with Gasteiger partial charge < -0.3 is 9.88 Å². The fourth-order valence-electron chi connectivity index (χ4n) is 3.30. The first-order valence-corrected chi connectivity index (χ1v) is 11.1. The largest absolute Gasteiger partial charge is 0.332 e. The molecule has 0 aliphatic heterocycles. The Balaban J connectivity index is 1.71. The first kappa shape index (κ1) is 21.9. The van der Waals surface area contributed by atoms with Gasteiger partial charge in [0.15, 0.2) is 16.3 Å². The number of hydrogen-bond acceptors (Lipinski definition) is 5. The van der Waals surface area contributed by atoms with E-state index < -0.39 is 11.2 Å². The molecule has 0 radical (unpaired) electrons. The summed E-state index contributed by atoms with van der Waals surface area (Å²) >= 11 is 7.20. The molecule has 164 valence electrons. The number of para-hydroxylation sites is 1. The van der Waals surface area contributed by atoms with Crippen LogP contribution in [0.15, 0.2) is 69.3 Å². The highest BCUT2D eigenvalue weighted by Gasteiger charge is 2.20. The number of fused-ring (bicyclic) bond motifs is 1. The Bertz CT molecular complexity index is 1410. The van der Waals surface area contributed by atoms with Gasteiger partial charge in [-0.3, -0.25) is 18.7 Å². The first-order chi connectivity index (χ1) is 15.3. The third-order valence-electron chi connectivity index (χ3n) is 4.96. The number of thioether (sulfide) groups is 1. The maximum atomic E-state index is 12.9. The highest BCUT2D eigenvalue weighted by molar-refractivity contribution is 7.99. The summed E-state index contributed by atoms with van der Waals surface area (Å²) in [7, 11) is 3.00. The number of halogens is 1. The molecule has 0 saturated carbocycles. The van der Waals surface area contributed by atoms with Crippen molar-refractivity contribution in [1.82, 2.24) is 18.7 Å². The molecule has 0 spiro atoms. The minimum Gasteiger partial charge on any atom is -0.325 e. The van der Waals surface area contributed by atoms with Crippen LogP contribution in [0, 0.1) is 0 Å². The SMILES string of the molecule is Cn1c(=O)c2c(nc(SCC(=O)Nc3ccccc3)n2Cc2ccc(Cl)cc2)n(C)c1=O. The zero-order valence-corrected chi connectivity index (χ0v) is 19.0. The molecule has 32 heavy (non-hydrogen) atoms. The number of carbonyl (C=O) groups excluding carboxylic acids is 1. The van der Waals surface area contributed by atoms with Gasteiger partial charge in [-0.25, -0.2) is 9.78 Å². The van der Waals surface area contributed by atoms with Crippen molar-refractivity contribution in [2.45, 2.75) is 11.7 Å². The van der Waals surface area contributed by atoms with E-state index in [0.29, 0.717) is 27.9 Å². The molecule has 1 amide bonds. The van der Waals surface area contributed by atoms with E-state index in [2.05, 4.69) is 10.3 Å². The summed E-state index contributed by atoms with van der Waals surface area (Å²) in [5.74, 6) is -0.110. The van der Waals surface area contributed by atoms with Gasteiger partial charge in [0.1, 0.15) is 0 Å². The van der Waals surface area contributed by atoms with E-state index in [0.717, 1.165) is 10.1 Å². The monoisotopic (exact) mass is 469 g/mol. The van der Waals surface area contributed by atoms with E-state index >= 15 is 0 Å². The van der Waals surface area contributed by atoms with Crippen LogP contribution in [0.3, 0.4) is 0 Å². The number of imidazole rings is 1. The summed E-state index contributed by atoms with van der Waals surface area (Å²) in [4.78, 5) is 42.3. The third-order valence-corrected chi connectivity index (χ3v) is 6.19. The van der Waals surface area contributed by atoms with Crippen molar-refractivity contribution in [3.8, 4) is 0 Å². The van der Waals surface area contributed by atoms with E-state index in [9.17, 15) is 14.4 Å². The molecule has 0 aliphatic carbocycles. The lowest BCUT2D eigenvalue weighted by molar-refractivity contribution is -0.113. The van der Waals surface area contributed by atoms with Crippen LogP contribution in [-0.2, 0) is 25.4 Å². The second-order valence-electron chi connectivity index (χ2n) is 7.19. The zero-order chi connectivity index (χ0) is 22.8. The number of nitrogens with one attached hydrogen (secondary N) is 1. The lowest BCUT2D eigenvalue weighted by Crippen LogP contribution is -2.37. The van der Waals surface area contributed by atoms with Crippen LogP contribution in [-0.4, -0.2) is 30.3 Å². The first-order valence-electron chi connectivity index (χ1n) is 9.73. The number of rotatable bonds is 6. The molecule has 0 bridgehead atoms. The van der Waals surface area contributed by atoms with Gasteiger partial charge >= 0.3 is 5.69 Å². The maximum absolute atomic E-state index is 12.9. The topological polar surface area (TPSA) is 90.9 Å². The van der Waals surface area contributed by atoms with E-state index in [4.69, 9.17) is 11.6 Å². The van der Waals surface area contributed by atoms with Gasteiger partial charge in [-0.05, 0) is 29.8 Å². The average Bonchev–Trinajstić information content (AvgIpc) is 3.15. The summed E-state index contributed by atoms with van der Waals surface area (Å²) in [6, 6.07) is 16.4. The number of aromatic nitrogens is 4. The van der Waals surface area contributed by atoms with Crippen molar-refractivity contribution in [1.29, 1.82) is 0 Å². The van der Waals surface area contributed by atoms with Crippen LogP contribution < -0.4 is 16.6 Å². The third kappa shape index (κ3) is 4.35. The fraction of sp³-hybridized carbons (Fsp3) is 0.182. The molecule has 4 rings (SSSR count). The van der Waals surface area contributed by atoms with Gasteiger partial charge in [0.05, 0.1) is 12.3 Å². The second kappa shape index (κ2) is 9.05. The molecular weight excluding hydrogens is 450 g/mol. The quantitative estimate of drug-likeness (QED) is 0.438. The summed E-state index contributed by atoms with van der Waals surface area (Å²) < 4.78 is 4.13. The number of anilines is 1. The molecular formula is C22H20ClN5O3S. The molecule has 4 aromatic rings. The van der Waals surface area contributed by atoms with Crippen molar-refractivity contribution in [3.63, 3.8) is 0 Å². The van der Waals surface area contributed by atoms with Gasteiger partial charge in [-0.1, -0.05) is 53.7 Å². The molecule has 10 heteroatoms. The Morgan fingerprint density at radius 2 is 1.72 bits per heavy atom. The Labute approximate surface area is 192 Å². The molecule has 0 unspecified atom stereocenters. The van der Waals surface area contributed by atoms with E-state index in [1.165, 1.54) is 23.4 Å². The predicted octanol–water partition coefficient (Wildman–Crippen LogP) is 2.87. The van der Waals surface area contributed by atoms with E-state index in [1.807, 2.05) is 30.3 Å². The molecule has 0 aliphatic rings. The molecule has 0 saturated heterocycles. The number of amides is 1. The van der Waals surface area contributed by atoms with Gasteiger partial charge in [-0.15, -0.1) is 0 Å². The Hall–Kier alpha value is -3.30. The van der Waals surface area contributed by atoms with E-state index in [1.54, 1.807) is 35.9 Å². The van der Waals surface area contributed by atoms with E-state index in [-0.39, 0.29) is 17.3 Å². The fourth-order valence-corrected chi connectivity index (χ4v) is 4.23. The lowest BCUT2D eigenvalue weighted by Gasteiger charge is -2.10. The standard InChI is InChI=1S/C22H20ClN5O3S/c1-26-19-18(20(30)27(2)22(26)31)28(12-14-8-10-15(23)11-9-14)21(25-19)32-13-17(29)24-16-6-4-3-5-7-16/h3-11H,12-13H2,1-2H3,(H,24,29). The van der Waals surface area contributed by atoms with Crippen LogP contribution in [0.4, 0.5) is 5.69 Å². The van der Waals surface area contributed by atoms with Crippen molar-refractivity contribution in [2.75, 3.05) is 11.1 Å². The molecule has 8 nitrogen and oxygen atoms in total. The number of hydrogen-bond donors (Lipinski definition) is 1. The van der Waals surface area contributed by atoms with Gasteiger partial charge in [0.25, 0.3) is 5.56 Å². The van der Waals surface area contributed by atoms with Crippen LogP contribution in [0.2, 0.25) is 5.02 Å². The van der Waals surface area contributed by atoms with Gasteiger partial charge in [0, 0.05) is 24.8 Å². The predicted molar refractivity (Wildman–Crippen MR) is 127 cm³/mol. The summed E-state index contributed by atoms with van der Waals surface area (Å²) in [5.41, 5.74) is 1.28. The van der Waals surface area contributed by atoms with Gasteiger partial charge in [-0.2, -0.15) is 0 Å². The number of nitrogens with zero attached hydrogens (tertiary/aromatic N) is 4. The number of carbonyl (C=O) groups is 1. The highest BCUT2D eigenvalue weighted by Crippen LogP contribution is 2.24. The van der Waals surface area contributed by atoms with Gasteiger partial charge in [0.2, 0.25) is 5.91 Å². The van der Waals surface area contributed by atoms with Crippen LogP contribution in [0.1, 0.15) is 5.56 Å². The summed E-state index contributed by atoms with van der Waals surface area (Å²) in [6.45, 7) is 0.337. The van der Waals surface area contributed by atoms with Crippen molar-refractivity contribution in [3.05, 3.63) is 86.0 Å². The highest BCUT2D eigenvalue weighted by atomic mass is 35.5. The second-order valence-corrected chi connectivity index (χ2v) is 8.57. The Morgan fingerprint density at radius 1 is 1.03 bits per heavy atom. The maximum Gasteiger partial charge on any atom is 0.332 e. The molecule has 2 aromatic heterocycles. The molecule has 0 atom stereocenters. The molecule has 1 N–H and O–H groups in total. The van der Waals surface area contributed by atoms with Crippen molar-refractivity contribution in [2.24, 2.45) is 14.1 Å². The zero-order valence-electron chi connectivity index (χ0n) is 17.4. The lowest BCUT2D eigenvalue weighted by atomic mass is 10.2. The Kier molecular flexibility index (Phi) is 6.20. The Morgan fingerprint density at radius 3 is 2.41 bits per heavy atom. The number of aryl methyl sites for hydroxylation is 1. The average molecular weight is 470 g/mol. The smallest absolute Gasteiger partial charge is 0.325 e. The number of benzene rings is 2. The normalized spacial score (nSPS) is 11.1. The minimum absolute atomic E-state index is 0.0904. The summed E-state index contributed by atoms with van der Waals surface area (Å²) in [6.07, 6.45) is 0. The summed E-state index contributed by atoms with van der Waals surface area (Å²) in [5, 5.41) is 3.90. The molecule has 0 fully saturated rings. The molecule has 2 heterocycles. The van der Waals surface area contributed by atoms with Crippen molar-refractivity contribution < 1.29 is 4.79 Å². The van der Waals surface area contributed by atoms with Crippen LogP contribution in [0.5, 0.6) is 0 Å². The van der Waals surface area contributed by atoms with Crippen LogP contribution in [0.25, 0.3) is 11.2 Å².